The summed E-state index contributed by atoms with van der Waals surface area (Å²) in [5, 5.41) is 7.35. The minimum Gasteiger partial charge on any atom is -0.351 e. The van der Waals surface area contributed by atoms with Crippen LogP contribution in [0.5, 0.6) is 0 Å². The Morgan fingerprint density at radius 1 is 1.39 bits per heavy atom. The number of carbonyl (C=O) groups excluding carboxylic acids is 1. The average molecular weight is 316 g/mol. The zero-order valence-electron chi connectivity index (χ0n) is 13.7. The lowest BCUT2D eigenvalue weighted by atomic mass is 10.00. The zero-order chi connectivity index (χ0) is 16.2. The maximum Gasteiger partial charge on any atom is 0.220 e. The highest BCUT2D eigenvalue weighted by atomic mass is 16.1. The first-order valence-electron chi connectivity index (χ1n) is 8.05. The van der Waals surface area contributed by atoms with E-state index in [-0.39, 0.29) is 11.9 Å². The largest absolute Gasteiger partial charge is 0.351 e. The van der Waals surface area contributed by atoms with Gasteiger partial charge in [0.15, 0.2) is 0 Å². The van der Waals surface area contributed by atoms with Gasteiger partial charge in [-0.2, -0.15) is 5.10 Å². The van der Waals surface area contributed by atoms with Crippen molar-refractivity contribution < 1.29 is 4.79 Å². The van der Waals surface area contributed by atoms with Crippen LogP contribution in [0.25, 0.3) is 0 Å². The summed E-state index contributed by atoms with van der Waals surface area (Å²) in [5.74, 6) is 0.409. The summed E-state index contributed by atoms with van der Waals surface area (Å²) < 4.78 is 3.90. The van der Waals surface area contributed by atoms with Gasteiger partial charge in [-0.15, -0.1) is 0 Å². The highest BCUT2D eigenvalue weighted by Crippen LogP contribution is 2.26. The maximum absolute atomic E-state index is 12.3. The maximum atomic E-state index is 12.3. The molecule has 2 aromatic rings. The number of nitrogens with zero attached hydrogens (tertiary/aromatic N) is 5. The van der Waals surface area contributed by atoms with Crippen molar-refractivity contribution in [1.29, 1.82) is 0 Å². The SMILES string of the molecule is CN1C[C@@H](NC(=O)CCCn2cccn2)[C@H](c2cncn2C)C1. The number of imidazole rings is 1. The topological polar surface area (TPSA) is 68.0 Å². The molecule has 3 heterocycles. The van der Waals surface area contributed by atoms with E-state index >= 15 is 0 Å². The third kappa shape index (κ3) is 3.79. The molecule has 23 heavy (non-hydrogen) atoms. The van der Waals surface area contributed by atoms with E-state index in [1.807, 2.05) is 41.1 Å². The molecular weight excluding hydrogens is 292 g/mol. The number of hydrogen-bond acceptors (Lipinski definition) is 4. The molecule has 1 saturated heterocycles. The van der Waals surface area contributed by atoms with Crippen molar-refractivity contribution in [2.45, 2.75) is 31.3 Å². The number of carbonyl (C=O) groups is 1. The summed E-state index contributed by atoms with van der Waals surface area (Å²) in [5.41, 5.74) is 1.18. The molecular formula is C16H24N6O. The first-order chi connectivity index (χ1) is 11.1. The Bertz CT molecular complexity index is 635. The van der Waals surface area contributed by atoms with Gasteiger partial charge in [0.2, 0.25) is 5.91 Å². The molecule has 2 aromatic heterocycles. The fourth-order valence-corrected chi connectivity index (χ4v) is 3.28. The van der Waals surface area contributed by atoms with E-state index in [0.717, 1.165) is 26.1 Å². The Morgan fingerprint density at radius 2 is 2.26 bits per heavy atom. The standard InChI is InChI=1S/C16H24N6O/c1-20-10-13(15-9-17-12-21(15)2)14(11-20)19-16(23)5-3-7-22-8-4-6-18-22/h4,6,8-9,12-14H,3,5,7,10-11H2,1-2H3,(H,19,23)/t13-,14-/m1/s1. The summed E-state index contributed by atoms with van der Waals surface area (Å²) in [6.07, 6.45) is 8.72. The van der Waals surface area contributed by atoms with Crippen molar-refractivity contribution in [3.63, 3.8) is 0 Å². The molecule has 1 amide bonds. The fraction of sp³-hybridized carbons (Fsp3) is 0.562. The number of aryl methyl sites for hydroxylation is 2. The van der Waals surface area contributed by atoms with Crippen LogP contribution in [0.4, 0.5) is 0 Å². The van der Waals surface area contributed by atoms with Crippen LogP contribution in [0.15, 0.2) is 31.0 Å². The predicted molar refractivity (Wildman–Crippen MR) is 86.8 cm³/mol. The molecule has 3 rings (SSSR count). The van der Waals surface area contributed by atoms with E-state index in [0.29, 0.717) is 12.3 Å². The van der Waals surface area contributed by atoms with Crippen LogP contribution in [0.3, 0.4) is 0 Å². The number of aromatic nitrogens is 4. The Kier molecular flexibility index (Phi) is 4.76. The molecule has 0 unspecified atom stereocenters. The number of likely N-dealkylation sites (tertiary alicyclic amines) is 1. The molecule has 0 saturated carbocycles. The van der Waals surface area contributed by atoms with E-state index < -0.39 is 0 Å². The van der Waals surface area contributed by atoms with Crippen LogP contribution >= 0.6 is 0 Å². The van der Waals surface area contributed by atoms with Crippen LogP contribution in [0, 0.1) is 0 Å². The van der Waals surface area contributed by atoms with Crippen LogP contribution in [-0.4, -0.2) is 56.3 Å². The van der Waals surface area contributed by atoms with Crippen LogP contribution in [-0.2, 0) is 18.4 Å². The molecule has 1 aliphatic heterocycles. The summed E-state index contributed by atoms with van der Waals surface area (Å²) in [6.45, 7) is 2.59. The minimum absolute atomic E-state index is 0.115. The predicted octanol–water partition coefficient (Wildman–Crippen LogP) is 0.611. The molecule has 124 valence electrons. The number of likely N-dealkylation sites (N-methyl/N-ethyl adjacent to an activating group) is 1. The molecule has 1 N–H and O–H groups in total. The van der Waals surface area contributed by atoms with E-state index in [2.05, 4.69) is 27.3 Å². The first kappa shape index (κ1) is 15.7. The van der Waals surface area contributed by atoms with E-state index in [9.17, 15) is 4.79 Å². The van der Waals surface area contributed by atoms with Crippen LogP contribution in [0.1, 0.15) is 24.5 Å². The van der Waals surface area contributed by atoms with Crippen LogP contribution in [0.2, 0.25) is 0 Å². The lowest BCUT2D eigenvalue weighted by Gasteiger charge is -2.20. The normalized spacial score (nSPS) is 21.7. The van der Waals surface area contributed by atoms with Gasteiger partial charge < -0.3 is 14.8 Å². The summed E-state index contributed by atoms with van der Waals surface area (Å²) >= 11 is 0. The molecule has 7 nitrogen and oxygen atoms in total. The van der Waals surface area contributed by atoms with Gasteiger partial charge >= 0.3 is 0 Å². The molecule has 2 atom stereocenters. The van der Waals surface area contributed by atoms with Gasteiger partial charge in [0.05, 0.1) is 12.4 Å². The third-order valence-electron chi connectivity index (χ3n) is 4.43. The monoisotopic (exact) mass is 316 g/mol. The number of nitrogens with one attached hydrogen (secondary N) is 1. The van der Waals surface area contributed by atoms with E-state index in [1.54, 1.807) is 6.20 Å². The van der Waals surface area contributed by atoms with Gasteiger partial charge in [-0.25, -0.2) is 4.98 Å². The van der Waals surface area contributed by atoms with Crippen molar-refractivity contribution in [2.75, 3.05) is 20.1 Å². The second-order valence-corrected chi connectivity index (χ2v) is 6.30. The summed E-state index contributed by atoms with van der Waals surface area (Å²) in [6, 6.07) is 2.04. The Labute approximate surface area is 136 Å². The zero-order valence-corrected chi connectivity index (χ0v) is 13.7. The van der Waals surface area contributed by atoms with Gasteiger partial charge in [-0.3, -0.25) is 9.48 Å². The van der Waals surface area contributed by atoms with Gasteiger partial charge in [-0.05, 0) is 19.5 Å². The summed E-state index contributed by atoms with van der Waals surface area (Å²) in [7, 11) is 4.09. The number of rotatable bonds is 6. The lowest BCUT2D eigenvalue weighted by Crippen LogP contribution is -2.40. The smallest absolute Gasteiger partial charge is 0.220 e. The van der Waals surface area contributed by atoms with Crippen molar-refractivity contribution in [3.8, 4) is 0 Å². The van der Waals surface area contributed by atoms with Crippen molar-refractivity contribution in [1.82, 2.24) is 29.5 Å². The fourth-order valence-electron chi connectivity index (χ4n) is 3.28. The quantitative estimate of drug-likeness (QED) is 0.848. The van der Waals surface area contributed by atoms with E-state index in [4.69, 9.17) is 0 Å². The van der Waals surface area contributed by atoms with Gasteiger partial charge in [0.1, 0.15) is 0 Å². The second-order valence-electron chi connectivity index (χ2n) is 6.30. The minimum atomic E-state index is 0.115. The van der Waals surface area contributed by atoms with Crippen molar-refractivity contribution in [3.05, 3.63) is 36.7 Å². The van der Waals surface area contributed by atoms with Gasteiger partial charge in [-0.1, -0.05) is 0 Å². The van der Waals surface area contributed by atoms with E-state index in [1.165, 1.54) is 5.69 Å². The molecule has 0 aromatic carbocycles. The average Bonchev–Trinajstić information content (AvgIpc) is 3.21. The third-order valence-corrected chi connectivity index (χ3v) is 4.43. The Morgan fingerprint density at radius 3 is 2.96 bits per heavy atom. The Hall–Kier alpha value is -2.15. The highest BCUT2D eigenvalue weighted by molar-refractivity contribution is 5.76. The molecule has 1 fully saturated rings. The molecule has 1 aliphatic rings. The molecule has 0 aliphatic carbocycles. The van der Waals surface area contributed by atoms with Crippen LogP contribution < -0.4 is 5.32 Å². The Balaban J connectivity index is 1.53. The second kappa shape index (κ2) is 6.95. The summed E-state index contributed by atoms with van der Waals surface area (Å²) in [4.78, 5) is 18.7. The van der Waals surface area contributed by atoms with Crippen molar-refractivity contribution >= 4 is 5.91 Å². The molecule has 0 spiro atoms. The lowest BCUT2D eigenvalue weighted by molar-refractivity contribution is -0.121. The molecule has 0 radical (unpaired) electrons. The first-order valence-corrected chi connectivity index (χ1v) is 8.05. The van der Waals surface area contributed by atoms with Crippen molar-refractivity contribution in [2.24, 2.45) is 7.05 Å². The van der Waals surface area contributed by atoms with Gasteiger partial charge in [0, 0.05) is 63.3 Å². The van der Waals surface area contributed by atoms with Gasteiger partial charge in [0.25, 0.3) is 0 Å². The molecule has 0 bridgehead atoms. The highest BCUT2D eigenvalue weighted by Gasteiger charge is 2.34. The number of hydrogen-bond donors (Lipinski definition) is 1. The molecule has 7 heteroatoms. The number of amides is 1.